The van der Waals surface area contributed by atoms with Crippen molar-refractivity contribution in [1.29, 1.82) is 0 Å². The lowest BCUT2D eigenvalue weighted by molar-refractivity contribution is -0.142. The van der Waals surface area contributed by atoms with Gasteiger partial charge in [0.05, 0.1) is 11.3 Å². The van der Waals surface area contributed by atoms with Crippen molar-refractivity contribution in [2.24, 2.45) is 0 Å². The van der Waals surface area contributed by atoms with Gasteiger partial charge < -0.3 is 9.26 Å². The summed E-state index contributed by atoms with van der Waals surface area (Å²) in [5.41, 5.74) is 3.63. The molecular weight excluding hydrogens is 364 g/mol. The second-order valence-electron chi connectivity index (χ2n) is 6.32. The van der Waals surface area contributed by atoms with Crippen LogP contribution in [0.5, 0.6) is 0 Å². The molecule has 0 N–H and O–H groups in total. The Labute approximate surface area is 161 Å². The Hall–Kier alpha value is -2.80. The predicted octanol–water partition coefficient (Wildman–Crippen LogP) is 4.08. The molecule has 0 amide bonds. The maximum atomic E-state index is 12.3. The highest BCUT2D eigenvalue weighted by Gasteiger charge is 2.15. The first-order chi connectivity index (χ1) is 12.9. The van der Waals surface area contributed by atoms with Crippen LogP contribution < -0.4 is 0 Å². The van der Waals surface area contributed by atoms with E-state index in [9.17, 15) is 9.59 Å². The number of esters is 1. The highest BCUT2D eigenvalue weighted by Crippen LogP contribution is 2.21. The molecule has 0 unspecified atom stereocenters. The third-order valence-corrected chi connectivity index (χ3v) is 5.12. The first-order valence-corrected chi connectivity index (χ1v) is 9.45. The van der Waals surface area contributed by atoms with Crippen LogP contribution in [-0.4, -0.2) is 28.5 Å². The second kappa shape index (κ2) is 8.26. The minimum Gasteiger partial charge on any atom is -0.457 e. The first-order valence-electron chi connectivity index (χ1n) is 8.57. The van der Waals surface area contributed by atoms with Gasteiger partial charge in [0.1, 0.15) is 0 Å². The number of aryl methyl sites for hydroxylation is 4. The number of ketones is 1. The van der Waals surface area contributed by atoms with E-state index >= 15 is 0 Å². The summed E-state index contributed by atoms with van der Waals surface area (Å²) in [6.45, 7) is 5.55. The topological polar surface area (TPSA) is 82.3 Å². The summed E-state index contributed by atoms with van der Waals surface area (Å²) in [5, 5.41) is 5.82. The molecule has 0 saturated carbocycles. The van der Waals surface area contributed by atoms with Gasteiger partial charge in [0.15, 0.2) is 6.61 Å². The molecule has 0 aliphatic carbocycles. The van der Waals surface area contributed by atoms with Crippen LogP contribution in [0.1, 0.15) is 39.4 Å². The number of nitrogens with zero attached hydrogens (tertiary/aromatic N) is 2. The third kappa shape index (κ3) is 4.68. The molecule has 3 rings (SSSR count). The molecule has 3 aromatic rings. The van der Waals surface area contributed by atoms with Crippen molar-refractivity contribution in [3.8, 4) is 10.7 Å². The monoisotopic (exact) mass is 384 g/mol. The van der Waals surface area contributed by atoms with Gasteiger partial charge in [0.2, 0.25) is 17.5 Å². The third-order valence-electron chi connectivity index (χ3n) is 4.26. The summed E-state index contributed by atoms with van der Waals surface area (Å²) >= 11 is 1.51. The number of rotatable bonds is 7. The fraction of sp³-hybridized carbons (Fsp3) is 0.300. The number of carbonyl (C=O) groups excluding carboxylic acids is 2. The molecule has 0 saturated heterocycles. The molecule has 0 aliphatic rings. The number of ether oxygens (including phenoxy) is 1. The molecular formula is C20H20N2O4S. The zero-order valence-corrected chi connectivity index (χ0v) is 16.3. The number of benzene rings is 1. The molecule has 140 valence electrons. The summed E-state index contributed by atoms with van der Waals surface area (Å²) in [7, 11) is 0. The van der Waals surface area contributed by atoms with E-state index < -0.39 is 5.97 Å². The van der Waals surface area contributed by atoms with E-state index in [0.29, 0.717) is 17.3 Å². The van der Waals surface area contributed by atoms with E-state index in [-0.39, 0.29) is 25.2 Å². The fourth-order valence-corrected chi connectivity index (χ4v) is 3.28. The normalized spacial score (nSPS) is 10.8. The number of hydrogen-bond donors (Lipinski definition) is 0. The van der Waals surface area contributed by atoms with E-state index in [1.54, 1.807) is 0 Å². The van der Waals surface area contributed by atoms with Crippen molar-refractivity contribution >= 4 is 23.1 Å². The van der Waals surface area contributed by atoms with Crippen LogP contribution in [-0.2, 0) is 16.0 Å². The summed E-state index contributed by atoms with van der Waals surface area (Å²) in [6.07, 6.45) is 0.347. The molecule has 0 fully saturated rings. The van der Waals surface area contributed by atoms with Crippen LogP contribution in [0.15, 0.2) is 34.2 Å². The largest absolute Gasteiger partial charge is 0.457 e. The van der Waals surface area contributed by atoms with Crippen molar-refractivity contribution < 1.29 is 18.8 Å². The Morgan fingerprint density at radius 1 is 1.15 bits per heavy atom. The maximum Gasteiger partial charge on any atom is 0.306 e. The van der Waals surface area contributed by atoms with Gasteiger partial charge in [-0.3, -0.25) is 9.59 Å². The van der Waals surface area contributed by atoms with E-state index in [1.807, 2.05) is 50.4 Å². The van der Waals surface area contributed by atoms with Crippen LogP contribution in [0.25, 0.3) is 10.7 Å². The van der Waals surface area contributed by atoms with E-state index in [0.717, 1.165) is 21.6 Å². The average Bonchev–Trinajstić information content (AvgIpc) is 3.32. The van der Waals surface area contributed by atoms with Gasteiger partial charge in [-0.1, -0.05) is 17.3 Å². The van der Waals surface area contributed by atoms with Crippen LogP contribution in [0, 0.1) is 20.8 Å². The fourth-order valence-electron chi connectivity index (χ4n) is 2.63. The lowest BCUT2D eigenvalue weighted by Gasteiger charge is -2.09. The van der Waals surface area contributed by atoms with Crippen molar-refractivity contribution in [2.45, 2.75) is 33.6 Å². The smallest absolute Gasteiger partial charge is 0.306 e. The number of Topliss-reactive ketones (excluding diaryl/α,β-unsaturated/α-hetero) is 1. The molecule has 0 aliphatic heterocycles. The molecule has 2 aromatic heterocycles. The zero-order chi connectivity index (χ0) is 19.4. The predicted molar refractivity (Wildman–Crippen MR) is 102 cm³/mol. The summed E-state index contributed by atoms with van der Waals surface area (Å²) in [4.78, 5) is 29.4. The Kier molecular flexibility index (Phi) is 5.81. The van der Waals surface area contributed by atoms with Gasteiger partial charge in [0, 0.05) is 12.0 Å². The Morgan fingerprint density at radius 2 is 1.93 bits per heavy atom. The van der Waals surface area contributed by atoms with Crippen LogP contribution >= 0.6 is 11.3 Å². The molecule has 7 heteroatoms. The number of aromatic nitrogens is 2. The van der Waals surface area contributed by atoms with Crippen LogP contribution in [0.3, 0.4) is 0 Å². The molecule has 2 heterocycles. The summed E-state index contributed by atoms with van der Waals surface area (Å²) in [5.74, 6) is 0.197. The van der Waals surface area contributed by atoms with Crippen molar-refractivity contribution in [3.63, 3.8) is 0 Å². The Bertz CT molecular complexity index is 961. The highest BCUT2D eigenvalue weighted by atomic mass is 32.1. The quantitative estimate of drug-likeness (QED) is 0.451. The van der Waals surface area contributed by atoms with Crippen molar-refractivity contribution in [1.82, 2.24) is 10.1 Å². The number of carbonyl (C=O) groups is 2. The SMILES string of the molecule is Cc1cc(C)c(C(=O)COC(=O)CCc2nc(-c3cccs3)no2)cc1C. The molecule has 0 atom stereocenters. The number of hydrogen-bond acceptors (Lipinski definition) is 7. The van der Waals surface area contributed by atoms with Crippen molar-refractivity contribution in [3.05, 3.63) is 57.8 Å². The second-order valence-corrected chi connectivity index (χ2v) is 7.27. The van der Waals surface area contributed by atoms with Crippen LogP contribution in [0.4, 0.5) is 0 Å². The average molecular weight is 384 g/mol. The number of thiophene rings is 1. The maximum absolute atomic E-state index is 12.3. The summed E-state index contributed by atoms with van der Waals surface area (Å²) < 4.78 is 10.3. The molecule has 0 spiro atoms. The highest BCUT2D eigenvalue weighted by molar-refractivity contribution is 7.13. The van der Waals surface area contributed by atoms with Crippen molar-refractivity contribution in [2.75, 3.05) is 6.61 Å². The zero-order valence-electron chi connectivity index (χ0n) is 15.4. The Morgan fingerprint density at radius 3 is 2.67 bits per heavy atom. The van der Waals surface area contributed by atoms with Gasteiger partial charge in [-0.25, -0.2) is 0 Å². The first kappa shape index (κ1) is 19.0. The molecule has 6 nitrogen and oxygen atoms in total. The van der Waals surface area contributed by atoms with E-state index in [1.165, 1.54) is 11.3 Å². The molecule has 0 radical (unpaired) electrons. The van der Waals surface area contributed by atoms with Crippen LogP contribution in [0.2, 0.25) is 0 Å². The molecule has 27 heavy (non-hydrogen) atoms. The van der Waals surface area contributed by atoms with Gasteiger partial charge in [-0.15, -0.1) is 11.3 Å². The lowest BCUT2D eigenvalue weighted by atomic mass is 9.98. The lowest BCUT2D eigenvalue weighted by Crippen LogP contribution is -2.15. The van der Waals surface area contributed by atoms with E-state index in [4.69, 9.17) is 9.26 Å². The van der Waals surface area contributed by atoms with Gasteiger partial charge in [-0.2, -0.15) is 4.98 Å². The van der Waals surface area contributed by atoms with E-state index in [2.05, 4.69) is 10.1 Å². The van der Waals surface area contributed by atoms with Gasteiger partial charge >= 0.3 is 5.97 Å². The van der Waals surface area contributed by atoms with Gasteiger partial charge in [0.25, 0.3) is 0 Å². The Balaban J connectivity index is 1.50. The molecule has 0 bridgehead atoms. The minimum atomic E-state index is -0.472. The minimum absolute atomic E-state index is 0.0747. The standard InChI is InChI=1S/C20H20N2O4S/c1-12-9-14(3)15(10-13(12)2)16(23)11-25-19(24)7-6-18-21-20(22-26-18)17-5-4-8-27-17/h4-5,8-10H,6-7,11H2,1-3H3. The van der Waals surface area contributed by atoms with Gasteiger partial charge in [-0.05, 0) is 55.0 Å². The summed E-state index contributed by atoms with van der Waals surface area (Å²) in [6, 6.07) is 7.60. The molecule has 1 aromatic carbocycles.